The lowest BCUT2D eigenvalue weighted by Crippen LogP contribution is -2.65. The number of phenolic OH excluding ortho intramolecular Hbond substituents is 1. The molecule has 9 heteroatoms. The molecule has 1 aliphatic rings. The Labute approximate surface area is 176 Å². The smallest absolute Gasteiger partial charge is 0.266 e. The Morgan fingerprint density at radius 2 is 1.53 bits per heavy atom. The molecule has 0 radical (unpaired) electrons. The molecule has 2 aromatic carbocycles. The zero-order valence-corrected chi connectivity index (χ0v) is 17.7. The van der Waals surface area contributed by atoms with Crippen LogP contribution in [0.25, 0.3) is 0 Å². The lowest BCUT2D eigenvalue weighted by Gasteiger charge is -2.50. The largest absolute Gasteiger partial charge is 0.508 e. The minimum absolute atomic E-state index is 0.0460. The van der Waals surface area contributed by atoms with Crippen LogP contribution in [0.4, 0.5) is 0 Å². The van der Waals surface area contributed by atoms with E-state index in [0.717, 1.165) is 11.8 Å². The highest BCUT2D eigenvalue weighted by Gasteiger charge is 2.56. The van der Waals surface area contributed by atoms with Gasteiger partial charge < -0.3 is 20.4 Å². The van der Waals surface area contributed by atoms with E-state index < -0.39 is 27.2 Å². The number of hydrogen-bond acceptors (Lipinski definition) is 8. The van der Waals surface area contributed by atoms with Gasteiger partial charge in [-0.1, -0.05) is 30.3 Å². The molecule has 0 spiro atoms. The molecule has 2 aromatic rings. The van der Waals surface area contributed by atoms with Gasteiger partial charge in [0.15, 0.2) is 5.72 Å². The summed E-state index contributed by atoms with van der Waals surface area (Å²) in [6.45, 7) is 1.59. The first-order valence-corrected chi connectivity index (χ1v) is 11.4. The maximum absolute atomic E-state index is 12.0. The first-order valence-electron chi connectivity index (χ1n) is 9.55. The molecule has 0 amide bonds. The molecule has 1 atom stereocenters. The van der Waals surface area contributed by atoms with Gasteiger partial charge in [0.05, 0.1) is 11.9 Å². The fourth-order valence-corrected chi connectivity index (χ4v) is 4.74. The molecule has 1 saturated heterocycles. The summed E-state index contributed by atoms with van der Waals surface area (Å²) in [5.41, 5.74) is -2.49. The van der Waals surface area contributed by atoms with Crippen LogP contribution in [-0.4, -0.2) is 58.8 Å². The molecule has 1 unspecified atom stereocenters. The number of hydrogen-bond donors (Lipinski definition) is 4. The highest BCUT2D eigenvalue weighted by Crippen LogP contribution is 2.42. The first kappa shape index (κ1) is 22.7. The molecule has 0 saturated carbocycles. The van der Waals surface area contributed by atoms with Gasteiger partial charge in [0, 0.05) is 18.7 Å². The monoisotopic (exact) mass is 437 g/mol. The molecule has 164 valence electrons. The van der Waals surface area contributed by atoms with Crippen LogP contribution >= 0.6 is 0 Å². The Morgan fingerprint density at radius 3 is 2.03 bits per heavy atom. The zero-order valence-electron chi connectivity index (χ0n) is 16.9. The Balaban J connectivity index is 1.94. The lowest BCUT2D eigenvalue weighted by molar-refractivity contribution is -0.321. The second-order valence-electron chi connectivity index (χ2n) is 7.87. The number of piperidine rings is 1. The minimum Gasteiger partial charge on any atom is -0.508 e. The fourth-order valence-electron chi connectivity index (χ4n) is 3.93. The van der Waals surface area contributed by atoms with Gasteiger partial charge in [0.25, 0.3) is 10.1 Å². The molecule has 8 nitrogen and oxygen atoms in total. The van der Waals surface area contributed by atoms with Gasteiger partial charge in [-0.15, -0.1) is 0 Å². The third-order valence-electron chi connectivity index (χ3n) is 5.74. The number of nitrogens with zero attached hydrogens (tertiary/aromatic N) is 1. The van der Waals surface area contributed by atoms with Crippen LogP contribution in [0.15, 0.2) is 54.6 Å². The topological polar surface area (TPSA) is 128 Å². The standard InChI is InChI=1S/C21H27NO7S/c1-19(29-30(2,27)28,21(25,26)17-8-10-18(23)11-9-17)22-14-12-20(24,13-15-22)16-6-4-3-5-7-16/h3-11,23-26H,12-15H2,1-2H3. The minimum atomic E-state index is -4.08. The average molecular weight is 438 g/mol. The highest BCUT2D eigenvalue weighted by atomic mass is 32.2. The summed E-state index contributed by atoms with van der Waals surface area (Å²) in [4.78, 5) is 1.50. The maximum Gasteiger partial charge on any atom is 0.266 e. The van der Waals surface area contributed by atoms with Crippen molar-refractivity contribution in [1.82, 2.24) is 4.90 Å². The maximum atomic E-state index is 12.0. The van der Waals surface area contributed by atoms with Gasteiger partial charge >= 0.3 is 0 Å². The van der Waals surface area contributed by atoms with Gasteiger partial charge in [-0.3, -0.25) is 4.90 Å². The molecular weight excluding hydrogens is 410 g/mol. The third kappa shape index (κ3) is 4.36. The van der Waals surface area contributed by atoms with E-state index in [1.807, 2.05) is 30.3 Å². The Bertz CT molecular complexity index is 968. The summed E-state index contributed by atoms with van der Waals surface area (Å²) < 4.78 is 29.3. The first-order chi connectivity index (χ1) is 13.9. The van der Waals surface area contributed by atoms with Crippen LogP contribution in [0.1, 0.15) is 30.9 Å². The average Bonchev–Trinajstić information content (AvgIpc) is 2.68. The van der Waals surface area contributed by atoms with Crippen molar-refractivity contribution in [3.05, 3.63) is 65.7 Å². The van der Waals surface area contributed by atoms with Crippen molar-refractivity contribution in [3.63, 3.8) is 0 Å². The summed E-state index contributed by atoms with van der Waals surface area (Å²) in [5, 5.41) is 42.6. The molecule has 0 aliphatic carbocycles. The number of aliphatic hydroxyl groups is 3. The lowest BCUT2D eigenvalue weighted by atomic mass is 9.82. The molecule has 4 N–H and O–H groups in total. The molecule has 3 rings (SSSR count). The fraction of sp³-hybridized carbons (Fsp3) is 0.429. The number of benzene rings is 2. The number of rotatable bonds is 6. The van der Waals surface area contributed by atoms with Gasteiger partial charge in [-0.25, -0.2) is 4.18 Å². The van der Waals surface area contributed by atoms with Crippen molar-refractivity contribution in [2.75, 3.05) is 19.3 Å². The van der Waals surface area contributed by atoms with Crippen LogP contribution in [0, 0.1) is 0 Å². The van der Waals surface area contributed by atoms with E-state index in [4.69, 9.17) is 4.18 Å². The van der Waals surface area contributed by atoms with Crippen LogP contribution in [0.3, 0.4) is 0 Å². The second kappa shape index (κ2) is 7.92. The Kier molecular flexibility index (Phi) is 5.98. The molecule has 1 fully saturated rings. The van der Waals surface area contributed by atoms with E-state index in [9.17, 15) is 28.8 Å². The van der Waals surface area contributed by atoms with Crippen molar-refractivity contribution in [3.8, 4) is 5.75 Å². The van der Waals surface area contributed by atoms with Crippen LogP contribution in [0.5, 0.6) is 5.75 Å². The summed E-state index contributed by atoms with van der Waals surface area (Å²) in [6.07, 6.45) is 1.32. The SMILES string of the molecule is CC(OS(C)(=O)=O)(N1CCC(O)(c2ccccc2)CC1)C(O)(O)c1ccc(O)cc1. The molecule has 1 heterocycles. The van der Waals surface area contributed by atoms with Gasteiger partial charge in [0.2, 0.25) is 5.79 Å². The molecule has 0 bridgehead atoms. The highest BCUT2D eigenvalue weighted by molar-refractivity contribution is 7.86. The van der Waals surface area contributed by atoms with Crippen molar-refractivity contribution < 1.29 is 33.0 Å². The van der Waals surface area contributed by atoms with Gasteiger partial charge in [-0.2, -0.15) is 8.42 Å². The van der Waals surface area contributed by atoms with Crippen molar-refractivity contribution in [2.45, 2.75) is 36.9 Å². The van der Waals surface area contributed by atoms with Gasteiger partial charge in [-0.05, 0) is 49.6 Å². The van der Waals surface area contributed by atoms with E-state index in [1.165, 1.54) is 36.1 Å². The van der Waals surface area contributed by atoms with Crippen molar-refractivity contribution in [2.24, 2.45) is 0 Å². The summed E-state index contributed by atoms with van der Waals surface area (Å²) in [5.74, 6) is -2.81. The second-order valence-corrected chi connectivity index (χ2v) is 9.45. The Morgan fingerprint density at radius 1 is 1.00 bits per heavy atom. The third-order valence-corrected chi connectivity index (χ3v) is 6.36. The molecular formula is C21H27NO7S. The van der Waals surface area contributed by atoms with E-state index in [1.54, 1.807) is 0 Å². The predicted molar refractivity (Wildman–Crippen MR) is 110 cm³/mol. The van der Waals surface area contributed by atoms with E-state index >= 15 is 0 Å². The van der Waals surface area contributed by atoms with Crippen LogP contribution < -0.4 is 0 Å². The number of phenols is 1. The van der Waals surface area contributed by atoms with E-state index in [0.29, 0.717) is 0 Å². The zero-order chi connectivity index (χ0) is 22.2. The van der Waals surface area contributed by atoms with E-state index in [-0.39, 0.29) is 37.2 Å². The molecule has 1 aliphatic heterocycles. The Hall–Kier alpha value is -2.01. The predicted octanol–water partition coefficient (Wildman–Crippen LogP) is 1.21. The molecule has 30 heavy (non-hydrogen) atoms. The number of aromatic hydroxyl groups is 1. The quantitative estimate of drug-likeness (QED) is 0.392. The van der Waals surface area contributed by atoms with Crippen LogP contribution in [0.2, 0.25) is 0 Å². The summed E-state index contributed by atoms with van der Waals surface area (Å²) in [6, 6.07) is 14.2. The number of likely N-dealkylation sites (tertiary alicyclic amines) is 1. The summed E-state index contributed by atoms with van der Waals surface area (Å²) in [7, 11) is -4.08. The normalized spacial score (nSPS) is 19.9. The molecule has 0 aromatic heterocycles. The van der Waals surface area contributed by atoms with E-state index in [2.05, 4.69) is 0 Å². The van der Waals surface area contributed by atoms with Crippen molar-refractivity contribution >= 4 is 10.1 Å². The van der Waals surface area contributed by atoms with Crippen LogP contribution in [-0.2, 0) is 25.7 Å². The summed E-state index contributed by atoms with van der Waals surface area (Å²) >= 11 is 0. The van der Waals surface area contributed by atoms with Crippen molar-refractivity contribution in [1.29, 1.82) is 0 Å². The van der Waals surface area contributed by atoms with Gasteiger partial charge in [0.1, 0.15) is 5.75 Å².